The molecule has 6 heteroatoms. The van der Waals surface area contributed by atoms with Crippen LogP contribution in [0.3, 0.4) is 0 Å². The first kappa shape index (κ1) is 29.3. The number of hydrogen-bond acceptors (Lipinski definition) is 4. The summed E-state index contributed by atoms with van der Waals surface area (Å²) in [6.07, 6.45) is 5.91. The molecule has 2 aliphatic rings. The van der Waals surface area contributed by atoms with E-state index in [9.17, 15) is 0 Å². The van der Waals surface area contributed by atoms with E-state index in [1.165, 1.54) is 43.6 Å². The third kappa shape index (κ3) is 4.17. The molecule has 0 fully saturated rings. The zero-order valence-electron chi connectivity index (χ0n) is 28.6. The van der Waals surface area contributed by atoms with E-state index in [4.69, 9.17) is 9.47 Å². The number of aryl methyl sites for hydroxylation is 2. The topological polar surface area (TPSA) is 34.8 Å². The Morgan fingerprint density at radius 3 is 1.47 bits per heavy atom. The van der Waals surface area contributed by atoms with Gasteiger partial charge < -0.3 is 28.4 Å². The fourth-order valence-electron chi connectivity index (χ4n) is 8.03. The van der Waals surface area contributed by atoms with Gasteiger partial charge in [0.05, 0.1) is 22.8 Å². The molecule has 0 unspecified atom stereocenters. The molecular formula is C45H34N4O2. The van der Waals surface area contributed by atoms with Crippen LogP contribution in [-0.2, 0) is 14.1 Å². The second kappa shape index (κ2) is 10.9. The molecule has 2 aliphatic heterocycles. The maximum atomic E-state index is 6.31. The molecule has 0 radical (unpaired) electrons. The molecule has 10 rings (SSSR count). The molecule has 0 aliphatic carbocycles. The van der Waals surface area contributed by atoms with E-state index in [1.54, 1.807) is 6.08 Å². The number of fused-ring (bicyclic) bond motifs is 9. The molecule has 0 N–H and O–H groups in total. The van der Waals surface area contributed by atoms with Crippen LogP contribution in [0.2, 0.25) is 0 Å². The lowest BCUT2D eigenvalue weighted by Gasteiger charge is -2.33. The predicted octanol–water partition coefficient (Wildman–Crippen LogP) is 12.1. The van der Waals surface area contributed by atoms with Crippen LogP contribution >= 0.6 is 0 Å². The SMILES string of the molecule is C=CC1=C(/C=C\C)N(c2ccc3c(c2)c2cc4c(cc2n3C)c2cc(N3c5ccccc5Oc5ccccc53)ccc2n4C)c2ccccc2O1. The summed E-state index contributed by atoms with van der Waals surface area (Å²) < 4.78 is 17.2. The Balaban J connectivity index is 1.17. The van der Waals surface area contributed by atoms with Crippen molar-refractivity contribution in [2.75, 3.05) is 9.80 Å². The van der Waals surface area contributed by atoms with Gasteiger partial charge in [-0.25, -0.2) is 0 Å². The van der Waals surface area contributed by atoms with Crippen LogP contribution in [0.5, 0.6) is 17.2 Å². The normalized spacial score (nSPS) is 13.9. The number of anilines is 5. The number of nitrogens with zero attached hydrogens (tertiary/aromatic N) is 4. The Kier molecular flexibility index (Phi) is 6.27. The smallest absolute Gasteiger partial charge is 0.151 e. The average molecular weight is 663 g/mol. The van der Waals surface area contributed by atoms with Gasteiger partial charge in [0.25, 0.3) is 0 Å². The summed E-state index contributed by atoms with van der Waals surface area (Å²) in [7, 11) is 4.33. The van der Waals surface area contributed by atoms with Crippen LogP contribution < -0.4 is 19.3 Å². The van der Waals surface area contributed by atoms with Crippen LogP contribution in [-0.4, -0.2) is 9.13 Å². The fraction of sp³-hybridized carbons (Fsp3) is 0.0667. The molecule has 0 atom stereocenters. The molecule has 0 bridgehead atoms. The lowest BCUT2D eigenvalue weighted by molar-refractivity contribution is 0.431. The Labute approximate surface area is 295 Å². The molecule has 0 saturated heterocycles. The van der Waals surface area contributed by atoms with Gasteiger partial charge in [-0.3, -0.25) is 0 Å². The fourth-order valence-corrected chi connectivity index (χ4v) is 8.03. The summed E-state index contributed by atoms with van der Waals surface area (Å²) in [4.78, 5) is 4.58. The zero-order chi connectivity index (χ0) is 34.4. The highest BCUT2D eigenvalue weighted by Gasteiger charge is 2.28. The van der Waals surface area contributed by atoms with Gasteiger partial charge in [0, 0.05) is 69.1 Å². The minimum atomic E-state index is 0.727. The first-order valence-corrected chi connectivity index (χ1v) is 17.2. The van der Waals surface area contributed by atoms with Crippen LogP contribution in [0, 0.1) is 0 Å². The summed E-state index contributed by atoms with van der Waals surface area (Å²) in [5.74, 6) is 3.23. The third-order valence-electron chi connectivity index (χ3n) is 10.4. The highest BCUT2D eigenvalue weighted by Crippen LogP contribution is 2.51. The molecule has 6 aromatic carbocycles. The maximum Gasteiger partial charge on any atom is 0.151 e. The van der Waals surface area contributed by atoms with Crippen molar-refractivity contribution in [1.29, 1.82) is 0 Å². The van der Waals surface area contributed by atoms with E-state index in [-0.39, 0.29) is 0 Å². The second-order valence-corrected chi connectivity index (χ2v) is 13.1. The van der Waals surface area contributed by atoms with Gasteiger partial charge in [-0.2, -0.15) is 0 Å². The largest absolute Gasteiger partial charge is 0.453 e. The van der Waals surface area contributed by atoms with E-state index >= 15 is 0 Å². The molecule has 0 amide bonds. The Morgan fingerprint density at radius 1 is 0.510 bits per heavy atom. The van der Waals surface area contributed by atoms with Crippen molar-refractivity contribution in [3.8, 4) is 17.2 Å². The quantitative estimate of drug-likeness (QED) is 0.188. The standard InChI is InChI=1S/C45H34N4O2/c1-5-13-36-42(6-2)50-43-17-10-7-14-37(43)48(36)28-20-22-34-30(24-28)32-26-41-33(27-40(32)46(34)3)31-25-29(21-23-35(31)47(41)4)49-38-15-8-11-18-44(38)51-45-19-12-9-16-39(45)49/h5-27H,2H2,1,3-4H3/b13-5-. The maximum absolute atomic E-state index is 6.31. The molecule has 246 valence electrons. The lowest BCUT2D eigenvalue weighted by atomic mass is 10.1. The first-order valence-electron chi connectivity index (χ1n) is 17.2. The highest BCUT2D eigenvalue weighted by atomic mass is 16.5. The molecule has 2 aromatic heterocycles. The van der Waals surface area contributed by atoms with Gasteiger partial charge in [0.15, 0.2) is 23.0 Å². The zero-order valence-corrected chi connectivity index (χ0v) is 28.6. The second-order valence-electron chi connectivity index (χ2n) is 13.1. The van der Waals surface area contributed by atoms with Gasteiger partial charge in [-0.1, -0.05) is 49.1 Å². The number of aromatic nitrogens is 2. The average Bonchev–Trinajstić information content (AvgIpc) is 3.61. The first-order chi connectivity index (χ1) is 25.0. The van der Waals surface area contributed by atoms with Gasteiger partial charge in [-0.05, 0) is 104 Å². The third-order valence-corrected chi connectivity index (χ3v) is 10.4. The van der Waals surface area contributed by atoms with Gasteiger partial charge in [0.2, 0.25) is 0 Å². The van der Waals surface area contributed by atoms with Gasteiger partial charge in [0.1, 0.15) is 0 Å². The molecule has 6 nitrogen and oxygen atoms in total. The Hall–Kier alpha value is -6.66. The van der Waals surface area contributed by atoms with E-state index < -0.39 is 0 Å². The molecule has 0 saturated carbocycles. The van der Waals surface area contributed by atoms with E-state index in [1.807, 2.05) is 49.4 Å². The summed E-state index contributed by atoms with van der Waals surface area (Å²) >= 11 is 0. The highest BCUT2D eigenvalue weighted by molar-refractivity contribution is 6.19. The number of ether oxygens (including phenoxy) is 2. The van der Waals surface area contributed by atoms with Crippen LogP contribution in [0.1, 0.15) is 6.92 Å². The van der Waals surface area contributed by atoms with E-state index in [0.717, 1.165) is 57.1 Å². The molecule has 0 spiro atoms. The van der Waals surface area contributed by atoms with Crippen LogP contribution in [0.25, 0.3) is 43.6 Å². The van der Waals surface area contributed by atoms with Crippen molar-refractivity contribution in [3.05, 3.63) is 158 Å². The monoisotopic (exact) mass is 662 g/mol. The summed E-state index contributed by atoms with van der Waals surface area (Å²) in [6.45, 7) is 6.09. The molecular weight excluding hydrogens is 629 g/mol. The van der Waals surface area contributed by atoms with Crippen molar-refractivity contribution in [2.45, 2.75) is 6.92 Å². The van der Waals surface area contributed by atoms with Crippen molar-refractivity contribution in [1.82, 2.24) is 9.13 Å². The lowest BCUT2D eigenvalue weighted by Crippen LogP contribution is -2.23. The number of benzene rings is 6. The molecule has 51 heavy (non-hydrogen) atoms. The van der Waals surface area contributed by atoms with Crippen LogP contribution in [0.4, 0.5) is 28.4 Å². The van der Waals surface area contributed by atoms with Crippen molar-refractivity contribution >= 4 is 72.0 Å². The Morgan fingerprint density at radius 2 is 0.961 bits per heavy atom. The minimum Gasteiger partial charge on any atom is -0.453 e. The molecule has 8 aromatic rings. The van der Waals surface area contributed by atoms with Crippen molar-refractivity contribution in [2.24, 2.45) is 14.1 Å². The molecule has 4 heterocycles. The Bertz CT molecular complexity index is 2790. The number of allylic oxidation sites excluding steroid dienone is 3. The van der Waals surface area contributed by atoms with Gasteiger partial charge in [-0.15, -0.1) is 0 Å². The number of hydrogen-bond donors (Lipinski definition) is 0. The van der Waals surface area contributed by atoms with Crippen molar-refractivity contribution in [3.63, 3.8) is 0 Å². The summed E-state index contributed by atoms with van der Waals surface area (Å²) in [5.41, 5.74) is 10.9. The minimum absolute atomic E-state index is 0.727. The van der Waals surface area contributed by atoms with E-state index in [2.05, 4.69) is 131 Å². The summed E-state index contributed by atoms with van der Waals surface area (Å²) in [6, 6.07) is 42.9. The predicted molar refractivity (Wildman–Crippen MR) is 210 cm³/mol. The van der Waals surface area contributed by atoms with Crippen LogP contribution in [0.15, 0.2) is 158 Å². The number of rotatable bonds is 4. The summed E-state index contributed by atoms with van der Waals surface area (Å²) in [5, 5.41) is 4.84. The van der Waals surface area contributed by atoms with E-state index in [0.29, 0.717) is 0 Å². The van der Waals surface area contributed by atoms with Crippen molar-refractivity contribution < 1.29 is 9.47 Å². The number of para-hydroxylation sites is 6. The van der Waals surface area contributed by atoms with Gasteiger partial charge >= 0.3 is 0 Å².